The van der Waals surface area contributed by atoms with Crippen molar-refractivity contribution in [3.05, 3.63) is 0 Å². The molecule has 0 aromatic rings. The molecule has 1 aliphatic heterocycles. The number of carbonyl (C=O) groups excluding carboxylic acids is 1. The second-order valence-electron chi connectivity index (χ2n) is 5.28. The molecule has 0 aliphatic carbocycles. The average molecular weight is 272 g/mol. The average Bonchev–Trinajstić information content (AvgIpc) is 2.28. The van der Waals surface area contributed by atoms with Gasteiger partial charge < -0.3 is 20.1 Å². The smallest absolute Gasteiger partial charge is 0.317 e. The summed E-state index contributed by atoms with van der Waals surface area (Å²) in [6, 6.07) is -0.0886. The fourth-order valence-corrected chi connectivity index (χ4v) is 2.20. The van der Waals surface area contributed by atoms with Crippen LogP contribution in [0.1, 0.15) is 40.0 Å². The molecular weight excluding hydrogens is 248 g/mol. The largest absolute Gasteiger partial charge is 0.481 e. The van der Waals surface area contributed by atoms with Crippen LogP contribution in [-0.4, -0.2) is 53.3 Å². The van der Waals surface area contributed by atoms with Crippen LogP contribution in [0.5, 0.6) is 0 Å². The molecule has 0 saturated carbocycles. The van der Waals surface area contributed by atoms with Gasteiger partial charge in [0.05, 0.1) is 12.5 Å². The quantitative estimate of drug-likeness (QED) is 0.794. The molecular formula is C13H24N2O4. The summed E-state index contributed by atoms with van der Waals surface area (Å²) in [5.74, 6) is -0.891. The van der Waals surface area contributed by atoms with Crippen LogP contribution < -0.4 is 5.32 Å². The molecule has 0 aromatic heterocycles. The summed E-state index contributed by atoms with van der Waals surface area (Å²) in [7, 11) is 0. The first-order chi connectivity index (χ1) is 8.90. The third-order valence-corrected chi connectivity index (χ3v) is 3.26. The minimum Gasteiger partial charge on any atom is -0.481 e. The Morgan fingerprint density at radius 3 is 2.68 bits per heavy atom. The van der Waals surface area contributed by atoms with E-state index in [9.17, 15) is 9.59 Å². The molecule has 1 saturated heterocycles. The van der Waals surface area contributed by atoms with Crippen LogP contribution in [0.4, 0.5) is 4.79 Å². The Morgan fingerprint density at radius 1 is 1.47 bits per heavy atom. The molecule has 0 bridgehead atoms. The van der Waals surface area contributed by atoms with E-state index in [4.69, 9.17) is 9.84 Å². The number of hydrogen-bond acceptors (Lipinski definition) is 3. The van der Waals surface area contributed by atoms with Crippen LogP contribution in [0.2, 0.25) is 0 Å². The van der Waals surface area contributed by atoms with Crippen LogP contribution in [0, 0.1) is 0 Å². The number of rotatable bonds is 5. The number of urea groups is 1. The van der Waals surface area contributed by atoms with Gasteiger partial charge in [-0.25, -0.2) is 4.79 Å². The molecule has 19 heavy (non-hydrogen) atoms. The zero-order chi connectivity index (χ0) is 14.4. The number of nitrogens with one attached hydrogen (secondary N) is 1. The maximum atomic E-state index is 12.2. The van der Waals surface area contributed by atoms with Crippen molar-refractivity contribution < 1.29 is 19.4 Å². The van der Waals surface area contributed by atoms with Crippen molar-refractivity contribution in [2.24, 2.45) is 0 Å². The van der Waals surface area contributed by atoms with Crippen molar-refractivity contribution in [1.82, 2.24) is 10.2 Å². The van der Waals surface area contributed by atoms with Gasteiger partial charge in [-0.3, -0.25) is 4.79 Å². The zero-order valence-electron chi connectivity index (χ0n) is 11.9. The van der Waals surface area contributed by atoms with Gasteiger partial charge in [-0.1, -0.05) is 0 Å². The maximum Gasteiger partial charge on any atom is 0.317 e. The van der Waals surface area contributed by atoms with Gasteiger partial charge >= 0.3 is 12.0 Å². The van der Waals surface area contributed by atoms with E-state index in [-0.39, 0.29) is 37.2 Å². The van der Waals surface area contributed by atoms with Crippen LogP contribution >= 0.6 is 0 Å². The third-order valence-electron chi connectivity index (χ3n) is 3.26. The first kappa shape index (κ1) is 15.8. The molecule has 1 fully saturated rings. The Morgan fingerprint density at radius 2 is 2.16 bits per heavy atom. The highest BCUT2D eigenvalue weighted by molar-refractivity contribution is 5.75. The first-order valence-electron chi connectivity index (χ1n) is 6.80. The number of nitrogens with zero attached hydrogens (tertiary/aromatic N) is 1. The van der Waals surface area contributed by atoms with E-state index < -0.39 is 5.97 Å². The highest BCUT2D eigenvalue weighted by atomic mass is 16.5. The van der Waals surface area contributed by atoms with E-state index >= 15 is 0 Å². The molecule has 1 heterocycles. The number of carbonyl (C=O) groups is 2. The molecule has 6 heteroatoms. The van der Waals surface area contributed by atoms with Crippen molar-refractivity contribution in [3.63, 3.8) is 0 Å². The van der Waals surface area contributed by atoms with Gasteiger partial charge in [-0.05, 0) is 33.6 Å². The van der Waals surface area contributed by atoms with Gasteiger partial charge in [-0.15, -0.1) is 0 Å². The van der Waals surface area contributed by atoms with Crippen LogP contribution in [0.15, 0.2) is 0 Å². The number of aliphatic carboxylic acids is 1. The Balaban J connectivity index is 2.49. The fraction of sp³-hybridized carbons (Fsp3) is 0.846. The fourth-order valence-electron chi connectivity index (χ4n) is 2.20. The summed E-state index contributed by atoms with van der Waals surface area (Å²) in [4.78, 5) is 24.3. The van der Waals surface area contributed by atoms with Gasteiger partial charge in [0.2, 0.25) is 0 Å². The standard InChI is InChI=1S/C13H24N2O4/c1-9(2)15(6-4-12(16)17)13(18)14-11-5-7-19-10(3)8-11/h9-11H,4-8H2,1-3H3,(H,14,18)(H,16,17). The monoisotopic (exact) mass is 272 g/mol. The lowest BCUT2D eigenvalue weighted by atomic mass is 10.0. The number of carboxylic acid groups (broad SMARTS) is 1. The number of carboxylic acids is 1. The minimum atomic E-state index is -0.891. The highest BCUT2D eigenvalue weighted by Gasteiger charge is 2.24. The summed E-state index contributed by atoms with van der Waals surface area (Å²) in [6.45, 7) is 6.64. The molecule has 0 spiro atoms. The molecule has 110 valence electrons. The van der Waals surface area contributed by atoms with Gasteiger partial charge in [0.15, 0.2) is 0 Å². The predicted octanol–water partition coefficient (Wildman–Crippen LogP) is 1.45. The Kier molecular flexibility index (Phi) is 6.08. The topological polar surface area (TPSA) is 78.9 Å². The van der Waals surface area contributed by atoms with Gasteiger partial charge in [0.1, 0.15) is 0 Å². The van der Waals surface area contributed by atoms with Crippen molar-refractivity contribution in [2.45, 2.75) is 58.2 Å². The lowest BCUT2D eigenvalue weighted by molar-refractivity contribution is -0.137. The SMILES string of the molecule is CC1CC(NC(=O)N(CCC(=O)O)C(C)C)CCO1. The van der Waals surface area contributed by atoms with E-state index in [0.29, 0.717) is 6.61 Å². The van der Waals surface area contributed by atoms with E-state index in [1.165, 1.54) is 0 Å². The Hall–Kier alpha value is -1.30. The second kappa shape index (κ2) is 7.33. The first-order valence-corrected chi connectivity index (χ1v) is 6.80. The zero-order valence-corrected chi connectivity index (χ0v) is 11.9. The van der Waals surface area contributed by atoms with Crippen LogP contribution in [0.25, 0.3) is 0 Å². The molecule has 2 unspecified atom stereocenters. The highest BCUT2D eigenvalue weighted by Crippen LogP contribution is 2.14. The molecule has 2 N–H and O–H groups in total. The van der Waals surface area contributed by atoms with Crippen molar-refractivity contribution in [3.8, 4) is 0 Å². The van der Waals surface area contributed by atoms with E-state index in [1.54, 1.807) is 4.90 Å². The molecule has 0 aromatic carbocycles. The summed E-state index contributed by atoms with van der Waals surface area (Å²) in [6.07, 6.45) is 1.73. The van der Waals surface area contributed by atoms with Gasteiger partial charge in [0.25, 0.3) is 0 Å². The van der Waals surface area contributed by atoms with E-state index in [2.05, 4.69) is 5.32 Å². The molecule has 6 nitrogen and oxygen atoms in total. The van der Waals surface area contributed by atoms with Crippen LogP contribution in [-0.2, 0) is 9.53 Å². The molecule has 2 amide bonds. The van der Waals surface area contributed by atoms with Gasteiger partial charge in [0, 0.05) is 25.2 Å². The van der Waals surface area contributed by atoms with Crippen molar-refractivity contribution >= 4 is 12.0 Å². The second-order valence-corrected chi connectivity index (χ2v) is 5.28. The molecule has 1 rings (SSSR count). The Bertz CT molecular complexity index is 320. The lowest BCUT2D eigenvalue weighted by Crippen LogP contribution is -2.50. The third kappa shape index (κ3) is 5.46. The van der Waals surface area contributed by atoms with Crippen molar-refractivity contribution in [2.75, 3.05) is 13.2 Å². The Labute approximate surface area is 114 Å². The van der Waals surface area contributed by atoms with E-state index in [1.807, 2.05) is 20.8 Å². The minimum absolute atomic E-state index is 0.0170. The summed E-state index contributed by atoms with van der Waals surface area (Å²) in [5, 5.41) is 11.7. The van der Waals surface area contributed by atoms with Crippen molar-refractivity contribution in [1.29, 1.82) is 0 Å². The number of amides is 2. The molecule has 0 radical (unpaired) electrons. The summed E-state index contributed by atoms with van der Waals surface area (Å²) < 4.78 is 5.43. The summed E-state index contributed by atoms with van der Waals surface area (Å²) >= 11 is 0. The lowest BCUT2D eigenvalue weighted by Gasteiger charge is -2.32. The summed E-state index contributed by atoms with van der Waals surface area (Å²) in [5.41, 5.74) is 0. The molecule has 1 aliphatic rings. The van der Waals surface area contributed by atoms with E-state index in [0.717, 1.165) is 12.8 Å². The normalized spacial score (nSPS) is 23.2. The van der Waals surface area contributed by atoms with Crippen LogP contribution in [0.3, 0.4) is 0 Å². The van der Waals surface area contributed by atoms with Gasteiger partial charge in [-0.2, -0.15) is 0 Å². The number of hydrogen-bond donors (Lipinski definition) is 2. The number of ether oxygens (including phenoxy) is 1. The predicted molar refractivity (Wildman–Crippen MR) is 71.1 cm³/mol. The molecule has 2 atom stereocenters. The maximum absolute atomic E-state index is 12.2.